The van der Waals surface area contributed by atoms with E-state index in [0.29, 0.717) is 45.6 Å². The fourth-order valence-corrected chi connectivity index (χ4v) is 2.87. The molecular weight excluding hydrogens is 384 g/mol. The number of benzene rings is 2. The van der Waals surface area contributed by atoms with Crippen LogP contribution in [0.25, 0.3) is 22.8 Å². The fourth-order valence-electron chi connectivity index (χ4n) is 2.87. The van der Waals surface area contributed by atoms with Gasteiger partial charge in [0.15, 0.2) is 11.5 Å². The van der Waals surface area contributed by atoms with Crippen LogP contribution < -0.4 is 14.8 Å². The smallest absolute Gasteiger partial charge is 0.258 e. The topological polar surface area (TPSA) is 99.4 Å². The Kier molecular flexibility index (Phi) is 5.38. The Morgan fingerprint density at radius 3 is 2.50 bits per heavy atom. The van der Waals surface area contributed by atoms with Crippen LogP contribution >= 0.6 is 0 Å². The number of hydrogen-bond acceptors (Lipinski definition) is 7. The van der Waals surface area contributed by atoms with Crippen LogP contribution in [0.4, 0.5) is 5.69 Å². The van der Waals surface area contributed by atoms with Gasteiger partial charge in [0.25, 0.3) is 11.8 Å². The van der Waals surface area contributed by atoms with Crippen LogP contribution in [-0.2, 0) is 0 Å². The number of amides is 1. The molecule has 4 rings (SSSR count). The predicted octanol–water partition coefficient (Wildman–Crippen LogP) is 4.07. The molecule has 4 aromatic rings. The molecule has 1 N–H and O–H groups in total. The van der Waals surface area contributed by atoms with E-state index in [1.54, 1.807) is 63.0 Å². The summed E-state index contributed by atoms with van der Waals surface area (Å²) in [4.78, 5) is 20.7. The molecule has 0 bridgehead atoms. The van der Waals surface area contributed by atoms with Crippen molar-refractivity contribution in [3.05, 3.63) is 72.6 Å². The first-order chi connectivity index (χ1) is 14.7. The first kappa shape index (κ1) is 19.1. The number of methoxy groups -OCH3 is 2. The van der Waals surface area contributed by atoms with Crippen LogP contribution in [0.15, 0.2) is 71.5 Å². The lowest BCUT2D eigenvalue weighted by Gasteiger charge is -2.07. The maximum Gasteiger partial charge on any atom is 0.258 e. The fraction of sp³-hybridized carbons (Fsp3) is 0.0909. The van der Waals surface area contributed by atoms with Gasteiger partial charge in [-0.1, -0.05) is 17.3 Å². The van der Waals surface area contributed by atoms with Gasteiger partial charge >= 0.3 is 0 Å². The van der Waals surface area contributed by atoms with E-state index < -0.39 is 0 Å². The first-order valence-corrected chi connectivity index (χ1v) is 9.06. The van der Waals surface area contributed by atoms with Crippen LogP contribution in [-0.4, -0.2) is 35.3 Å². The molecule has 8 heteroatoms. The van der Waals surface area contributed by atoms with Gasteiger partial charge in [0.1, 0.15) is 0 Å². The molecule has 0 atom stereocenters. The third kappa shape index (κ3) is 3.97. The van der Waals surface area contributed by atoms with Crippen LogP contribution in [0.2, 0.25) is 0 Å². The molecule has 0 saturated heterocycles. The molecule has 2 aromatic heterocycles. The highest BCUT2D eigenvalue weighted by Crippen LogP contribution is 2.32. The summed E-state index contributed by atoms with van der Waals surface area (Å²) in [6.45, 7) is 0. The minimum atomic E-state index is -0.228. The minimum absolute atomic E-state index is 0.228. The maximum atomic E-state index is 12.4. The Bertz CT molecular complexity index is 1170. The van der Waals surface area contributed by atoms with E-state index in [9.17, 15) is 4.79 Å². The highest BCUT2D eigenvalue weighted by Gasteiger charge is 2.14. The van der Waals surface area contributed by atoms with Gasteiger partial charge in [-0.15, -0.1) is 0 Å². The molecule has 2 aromatic carbocycles. The number of carbonyl (C=O) groups is 1. The summed E-state index contributed by atoms with van der Waals surface area (Å²) in [6, 6.07) is 15.9. The Hall–Kier alpha value is -4.20. The predicted molar refractivity (Wildman–Crippen MR) is 110 cm³/mol. The molecule has 0 radical (unpaired) electrons. The molecule has 0 aliphatic heterocycles. The van der Waals surface area contributed by atoms with Crippen molar-refractivity contribution in [2.24, 2.45) is 0 Å². The van der Waals surface area contributed by atoms with Gasteiger partial charge in [0, 0.05) is 34.8 Å². The maximum absolute atomic E-state index is 12.4. The number of anilines is 1. The molecule has 2 heterocycles. The number of aromatic nitrogens is 3. The van der Waals surface area contributed by atoms with Gasteiger partial charge in [-0.25, -0.2) is 0 Å². The van der Waals surface area contributed by atoms with Crippen LogP contribution in [0.5, 0.6) is 11.5 Å². The molecule has 0 unspecified atom stereocenters. The highest BCUT2D eigenvalue weighted by molar-refractivity contribution is 6.04. The summed E-state index contributed by atoms with van der Waals surface area (Å²) >= 11 is 0. The molecule has 1 amide bonds. The molecule has 0 saturated carbocycles. The van der Waals surface area contributed by atoms with Crippen molar-refractivity contribution in [2.45, 2.75) is 0 Å². The number of pyridine rings is 1. The zero-order valence-corrected chi connectivity index (χ0v) is 16.3. The molecular formula is C22H18N4O4. The van der Waals surface area contributed by atoms with E-state index >= 15 is 0 Å². The quantitative estimate of drug-likeness (QED) is 0.519. The Morgan fingerprint density at radius 2 is 1.73 bits per heavy atom. The summed E-state index contributed by atoms with van der Waals surface area (Å²) < 4.78 is 16.0. The number of nitrogens with zero attached hydrogens (tertiary/aromatic N) is 3. The summed E-state index contributed by atoms with van der Waals surface area (Å²) in [5.41, 5.74) is 2.55. The van der Waals surface area contributed by atoms with Crippen molar-refractivity contribution in [3.63, 3.8) is 0 Å². The summed E-state index contributed by atoms with van der Waals surface area (Å²) in [6.07, 6.45) is 3.14. The second-order valence-corrected chi connectivity index (χ2v) is 6.26. The van der Waals surface area contributed by atoms with Gasteiger partial charge in [-0.2, -0.15) is 4.98 Å². The van der Waals surface area contributed by atoms with Crippen LogP contribution in [0, 0.1) is 0 Å². The van der Waals surface area contributed by atoms with Crippen molar-refractivity contribution in [3.8, 4) is 34.3 Å². The van der Waals surface area contributed by atoms with E-state index in [1.165, 1.54) is 0 Å². The minimum Gasteiger partial charge on any atom is -0.493 e. The number of rotatable bonds is 6. The van der Waals surface area contributed by atoms with Crippen molar-refractivity contribution < 1.29 is 18.8 Å². The second-order valence-electron chi connectivity index (χ2n) is 6.26. The molecule has 0 aliphatic rings. The van der Waals surface area contributed by atoms with E-state index in [1.807, 2.05) is 18.2 Å². The summed E-state index contributed by atoms with van der Waals surface area (Å²) in [5, 5.41) is 6.91. The average molecular weight is 402 g/mol. The lowest BCUT2D eigenvalue weighted by Crippen LogP contribution is -2.11. The number of nitrogens with one attached hydrogen (secondary N) is 1. The van der Waals surface area contributed by atoms with E-state index in [2.05, 4.69) is 20.4 Å². The average Bonchev–Trinajstić information content (AvgIpc) is 3.30. The highest BCUT2D eigenvalue weighted by atomic mass is 16.5. The van der Waals surface area contributed by atoms with Gasteiger partial charge in [0.05, 0.1) is 14.2 Å². The third-order valence-corrected chi connectivity index (χ3v) is 4.38. The van der Waals surface area contributed by atoms with Gasteiger partial charge in [0.2, 0.25) is 5.82 Å². The Morgan fingerprint density at radius 1 is 0.933 bits per heavy atom. The zero-order valence-electron chi connectivity index (χ0n) is 16.3. The molecule has 30 heavy (non-hydrogen) atoms. The Balaban J connectivity index is 1.57. The van der Waals surface area contributed by atoms with Gasteiger partial charge in [-0.3, -0.25) is 9.78 Å². The van der Waals surface area contributed by atoms with Crippen molar-refractivity contribution in [1.82, 2.24) is 15.1 Å². The number of ether oxygens (including phenoxy) is 2. The summed E-state index contributed by atoms with van der Waals surface area (Å²) in [7, 11) is 3.13. The zero-order chi connectivity index (χ0) is 20.9. The Labute approximate surface area is 172 Å². The van der Waals surface area contributed by atoms with Crippen molar-refractivity contribution >= 4 is 11.6 Å². The van der Waals surface area contributed by atoms with Crippen molar-refractivity contribution in [1.29, 1.82) is 0 Å². The number of hydrogen-bond donors (Lipinski definition) is 1. The van der Waals surface area contributed by atoms with Crippen LogP contribution in [0.1, 0.15) is 10.4 Å². The molecule has 150 valence electrons. The monoisotopic (exact) mass is 402 g/mol. The lowest BCUT2D eigenvalue weighted by molar-refractivity contribution is 0.102. The normalized spacial score (nSPS) is 10.5. The molecule has 0 fully saturated rings. The number of carbonyl (C=O) groups excluding carboxylic acids is 1. The lowest BCUT2D eigenvalue weighted by atomic mass is 10.1. The van der Waals surface area contributed by atoms with Gasteiger partial charge in [-0.05, 0) is 42.5 Å². The third-order valence-electron chi connectivity index (χ3n) is 4.38. The largest absolute Gasteiger partial charge is 0.493 e. The molecule has 0 aliphatic carbocycles. The standard InChI is InChI=1S/C22H18N4O4/c1-28-18-7-6-16(13-19(18)29-2)22-25-20(26-30-22)15-4-3-5-17(12-15)24-21(27)14-8-10-23-11-9-14/h3-13H,1-2H3,(H,24,27). The molecule has 8 nitrogen and oxygen atoms in total. The second kappa shape index (κ2) is 8.44. The SMILES string of the molecule is COc1ccc(-c2nc(-c3cccc(NC(=O)c4ccncc4)c3)no2)cc1OC. The van der Waals surface area contributed by atoms with Crippen molar-refractivity contribution in [2.75, 3.05) is 19.5 Å². The van der Waals surface area contributed by atoms with Gasteiger partial charge < -0.3 is 19.3 Å². The van der Waals surface area contributed by atoms with E-state index in [-0.39, 0.29) is 5.91 Å². The van der Waals surface area contributed by atoms with E-state index in [0.717, 1.165) is 0 Å². The first-order valence-electron chi connectivity index (χ1n) is 9.06. The van der Waals surface area contributed by atoms with E-state index in [4.69, 9.17) is 14.0 Å². The van der Waals surface area contributed by atoms with Crippen LogP contribution in [0.3, 0.4) is 0 Å². The summed E-state index contributed by atoms with van der Waals surface area (Å²) in [5.74, 6) is 1.69. The molecule has 0 spiro atoms.